The zero-order valence-electron chi connectivity index (χ0n) is 8.81. The number of aromatic carboxylic acids is 1. The molecule has 0 aromatic heterocycles. The number of carboxylic acids is 1. The van der Waals surface area contributed by atoms with Crippen molar-refractivity contribution in [2.24, 2.45) is 0 Å². The second kappa shape index (κ2) is 5.95. The molecule has 0 saturated carbocycles. The summed E-state index contributed by atoms with van der Waals surface area (Å²) in [5.74, 6) is -2.34. The highest BCUT2D eigenvalue weighted by Crippen LogP contribution is 2.25. The fourth-order valence-electron chi connectivity index (χ4n) is 1.49. The van der Waals surface area contributed by atoms with Gasteiger partial charge < -0.3 is 15.3 Å². The van der Waals surface area contributed by atoms with E-state index in [1.54, 1.807) is 0 Å². The Bertz CT molecular complexity index is 410. The number of alkyl halides is 1. The van der Waals surface area contributed by atoms with Gasteiger partial charge in [0.2, 0.25) is 0 Å². The van der Waals surface area contributed by atoms with E-state index in [2.05, 4.69) is 0 Å². The van der Waals surface area contributed by atoms with Crippen molar-refractivity contribution >= 4 is 17.6 Å². The van der Waals surface area contributed by atoms with E-state index in [4.69, 9.17) is 16.7 Å². The van der Waals surface area contributed by atoms with Gasteiger partial charge in [0.05, 0.1) is 6.10 Å². The van der Waals surface area contributed by atoms with Crippen molar-refractivity contribution in [3.8, 4) is 0 Å². The first-order valence-corrected chi connectivity index (χ1v) is 5.46. The lowest BCUT2D eigenvalue weighted by Gasteiger charge is -2.19. The van der Waals surface area contributed by atoms with Crippen molar-refractivity contribution in [2.75, 3.05) is 5.88 Å². The number of hydrogen-bond donors (Lipinski definition) is 3. The van der Waals surface area contributed by atoms with Gasteiger partial charge in [-0.2, -0.15) is 0 Å². The molecule has 0 spiro atoms. The minimum Gasteiger partial charge on any atom is -0.478 e. The number of aliphatic hydroxyl groups is 2. The van der Waals surface area contributed by atoms with Gasteiger partial charge in [0.25, 0.3) is 0 Å². The normalized spacial score (nSPS) is 14.4. The summed E-state index contributed by atoms with van der Waals surface area (Å²) in [6.07, 6.45) is -2.62. The quantitative estimate of drug-likeness (QED) is 0.704. The molecule has 0 fully saturated rings. The summed E-state index contributed by atoms with van der Waals surface area (Å²) in [4.78, 5) is 10.9. The molecular weight excluding hydrogens is 251 g/mol. The van der Waals surface area contributed by atoms with Crippen LogP contribution in [0.5, 0.6) is 0 Å². The van der Waals surface area contributed by atoms with E-state index in [9.17, 15) is 19.4 Å². The molecule has 0 bridgehead atoms. The van der Waals surface area contributed by atoms with Crippen molar-refractivity contribution in [3.05, 3.63) is 35.1 Å². The average Bonchev–Trinajstić information content (AvgIpc) is 2.27. The Balaban J connectivity index is 3.13. The third-order valence-electron chi connectivity index (χ3n) is 2.35. The maximum absolute atomic E-state index is 13.3. The summed E-state index contributed by atoms with van der Waals surface area (Å²) in [5, 5.41) is 28.1. The molecule has 3 N–H and O–H groups in total. The van der Waals surface area contributed by atoms with Crippen LogP contribution in [0.1, 0.15) is 28.4 Å². The van der Waals surface area contributed by atoms with Gasteiger partial charge in [0, 0.05) is 11.4 Å². The van der Waals surface area contributed by atoms with Gasteiger partial charge in [-0.05, 0) is 12.5 Å². The Morgan fingerprint density at radius 3 is 2.59 bits per heavy atom. The largest absolute Gasteiger partial charge is 0.478 e. The molecule has 0 saturated heterocycles. The first-order chi connectivity index (χ1) is 7.99. The van der Waals surface area contributed by atoms with Gasteiger partial charge in [0.15, 0.2) is 0 Å². The molecule has 1 aromatic rings. The van der Waals surface area contributed by atoms with Crippen molar-refractivity contribution in [1.82, 2.24) is 0 Å². The summed E-state index contributed by atoms with van der Waals surface area (Å²) in [7, 11) is 0. The van der Waals surface area contributed by atoms with Crippen molar-refractivity contribution < 1.29 is 24.5 Å². The Morgan fingerprint density at radius 2 is 2.06 bits per heavy atom. The molecule has 4 nitrogen and oxygen atoms in total. The zero-order chi connectivity index (χ0) is 13.0. The van der Waals surface area contributed by atoms with Crippen LogP contribution in [-0.2, 0) is 0 Å². The number of carbonyl (C=O) groups is 1. The van der Waals surface area contributed by atoms with Gasteiger partial charge in [-0.25, -0.2) is 9.18 Å². The molecule has 0 aliphatic carbocycles. The van der Waals surface area contributed by atoms with E-state index in [0.29, 0.717) is 0 Å². The Morgan fingerprint density at radius 1 is 1.41 bits per heavy atom. The second-order valence-corrected chi connectivity index (χ2v) is 3.88. The summed E-state index contributed by atoms with van der Waals surface area (Å²) in [6.45, 7) is 0. The Hall–Kier alpha value is -1.17. The van der Waals surface area contributed by atoms with Crippen molar-refractivity contribution in [2.45, 2.75) is 18.6 Å². The number of halogens is 2. The molecule has 94 valence electrons. The fraction of sp³-hybridized carbons (Fsp3) is 0.364. The molecule has 0 heterocycles. The maximum Gasteiger partial charge on any atom is 0.339 e. The van der Waals surface area contributed by atoms with Crippen LogP contribution in [0.4, 0.5) is 4.39 Å². The number of rotatable bonds is 5. The molecule has 1 rings (SSSR count). The van der Waals surface area contributed by atoms with Crippen LogP contribution in [0.2, 0.25) is 0 Å². The molecule has 17 heavy (non-hydrogen) atoms. The smallest absolute Gasteiger partial charge is 0.339 e. The van der Waals surface area contributed by atoms with Crippen molar-refractivity contribution in [1.29, 1.82) is 0 Å². The minimum absolute atomic E-state index is 0.0816. The maximum atomic E-state index is 13.3. The Labute approximate surface area is 102 Å². The predicted molar refractivity (Wildman–Crippen MR) is 59.7 cm³/mol. The summed E-state index contributed by atoms with van der Waals surface area (Å²) in [5.41, 5.74) is -0.788. The highest BCUT2D eigenvalue weighted by molar-refractivity contribution is 6.17. The lowest BCUT2D eigenvalue weighted by molar-refractivity contribution is 0.0158. The second-order valence-electron chi connectivity index (χ2n) is 3.50. The van der Waals surface area contributed by atoms with Crippen LogP contribution in [0, 0.1) is 5.82 Å². The molecule has 6 heteroatoms. The van der Waals surface area contributed by atoms with E-state index in [-0.39, 0.29) is 17.9 Å². The molecular formula is C11H12ClFO4. The first-order valence-electron chi connectivity index (χ1n) is 4.92. The van der Waals surface area contributed by atoms with E-state index < -0.39 is 29.6 Å². The van der Waals surface area contributed by atoms with Gasteiger partial charge in [-0.15, -0.1) is 11.6 Å². The van der Waals surface area contributed by atoms with Crippen LogP contribution in [-0.4, -0.2) is 33.3 Å². The number of benzene rings is 1. The van der Waals surface area contributed by atoms with E-state index in [0.717, 1.165) is 6.07 Å². The topological polar surface area (TPSA) is 77.8 Å². The van der Waals surface area contributed by atoms with E-state index >= 15 is 0 Å². The van der Waals surface area contributed by atoms with Gasteiger partial charge in [-0.3, -0.25) is 0 Å². The van der Waals surface area contributed by atoms with Gasteiger partial charge in [0.1, 0.15) is 17.5 Å². The third kappa shape index (κ3) is 3.15. The van der Waals surface area contributed by atoms with E-state index in [1.807, 2.05) is 0 Å². The number of aliphatic hydroxyl groups excluding tert-OH is 2. The lowest BCUT2D eigenvalue weighted by atomic mass is 9.97. The predicted octanol–water partition coefficient (Wildman–Crippen LogP) is 1.55. The molecule has 0 aliphatic heterocycles. The van der Waals surface area contributed by atoms with E-state index in [1.165, 1.54) is 12.1 Å². The molecule has 0 amide bonds. The first kappa shape index (κ1) is 13.9. The zero-order valence-corrected chi connectivity index (χ0v) is 9.56. The fourth-order valence-corrected chi connectivity index (χ4v) is 1.71. The molecule has 2 atom stereocenters. The SMILES string of the molecule is O=C(O)c1c(F)cccc1C(O)C(O)CCCl. The van der Waals surface area contributed by atoms with Gasteiger partial charge in [-0.1, -0.05) is 12.1 Å². The van der Waals surface area contributed by atoms with Crippen LogP contribution in [0.15, 0.2) is 18.2 Å². The summed E-state index contributed by atoms with van der Waals surface area (Å²) in [6, 6.07) is 3.51. The third-order valence-corrected chi connectivity index (χ3v) is 2.57. The lowest BCUT2D eigenvalue weighted by Crippen LogP contribution is -2.21. The standard InChI is InChI=1S/C11H12ClFO4/c12-5-4-8(14)10(15)6-2-1-3-7(13)9(6)11(16)17/h1-3,8,10,14-15H,4-5H2,(H,16,17). The minimum atomic E-state index is -1.49. The molecule has 0 radical (unpaired) electrons. The number of carboxylic acid groups (broad SMARTS) is 1. The Kier molecular flexibility index (Phi) is 4.86. The van der Waals surface area contributed by atoms with Crippen LogP contribution >= 0.6 is 11.6 Å². The highest BCUT2D eigenvalue weighted by atomic mass is 35.5. The molecule has 2 unspecified atom stereocenters. The number of hydrogen-bond acceptors (Lipinski definition) is 3. The monoisotopic (exact) mass is 262 g/mol. The highest BCUT2D eigenvalue weighted by Gasteiger charge is 2.25. The summed E-state index contributed by atoms with van der Waals surface area (Å²) >= 11 is 5.40. The average molecular weight is 263 g/mol. The van der Waals surface area contributed by atoms with Gasteiger partial charge >= 0.3 is 5.97 Å². The summed E-state index contributed by atoms with van der Waals surface area (Å²) < 4.78 is 13.3. The van der Waals surface area contributed by atoms with Crippen LogP contribution in [0.3, 0.4) is 0 Å². The molecule has 0 aliphatic rings. The molecule has 1 aromatic carbocycles. The van der Waals surface area contributed by atoms with Crippen LogP contribution in [0.25, 0.3) is 0 Å². The van der Waals surface area contributed by atoms with Crippen LogP contribution < -0.4 is 0 Å². The van der Waals surface area contributed by atoms with Crippen molar-refractivity contribution in [3.63, 3.8) is 0 Å².